The third-order valence-electron chi connectivity index (χ3n) is 5.46. The van der Waals surface area contributed by atoms with Crippen molar-refractivity contribution in [3.63, 3.8) is 0 Å². The van der Waals surface area contributed by atoms with Crippen molar-refractivity contribution >= 4 is 29.1 Å². The zero-order chi connectivity index (χ0) is 24.2. The Morgan fingerprint density at radius 3 is 2.47 bits per heavy atom. The maximum atomic E-state index is 13.9. The van der Waals surface area contributed by atoms with Crippen LogP contribution in [-0.4, -0.2) is 30.8 Å². The number of hydrogen-bond acceptors (Lipinski definition) is 4. The van der Waals surface area contributed by atoms with Gasteiger partial charge in [0.25, 0.3) is 11.8 Å². The van der Waals surface area contributed by atoms with Crippen LogP contribution >= 0.6 is 0 Å². The molecule has 1 atom stereocenters. The average molecular weight is 464 g/mol. The number of carbonyl (C=O) groups excluding carboxylic acids is 3. The second kappa shape index (κ2) is 9.80. The van der Waals surface area contributed by atoms with Crippen molar-refractivity contribution in [1.82, 2.24) is 5.32 Å². The summed E-state index contributed by atoms with van der Waals surface area (Å²) in [4.78, 5) is 40.2. The fourth-order valence-corrected chi connectivity index (χ4v) is 3.87. The number of benzene rings is 3. The normalized spacial score (nSPS) is 15.2. The molecule has 0 spiro atoms. The highest BCUT2D eigenvalue weighted by Gasteiger charge is 2.34. The Balaban J connectivity index is 1.84. The van der Waals surface area contributed by atoms with Crippen LogP contribution in [0.3, 0.4) is 0 Å². The number of anilines is 2. The standard InChI is InChI=1S/C25H22F2N4O3/c26-18-7-4-15(5-8-18)22-14-23(32)30-20-13-16(24(33)29-11-10-28)6-9-21(20)31(22)25(34)17-2-1-3-19(27)12-17/h1-9,12-13,22H,10-11,14,28H2,(H,29,33)(H,30,32). The largest absolute Gasteiger partial charge is 0.351 e. The van der Waals surface area contributed by atoms with Crippen molar-refractivity contribution in [2.45, 2.75) is 12.5 Å². The first-order chi connectivity index (χ1) is 16.4. The van der Waals surface area contributed by atoms with Gasteiger partial charge in [-0.1, -0.05) is 18.2 Å². The van der Waals surface area contributed by atoms with E-state index in [-0.39, 0.29) is 42.2 Å². The van der Waals surface area contributed by atoms with Crippen molar-refractivity contribution in [2.24, 2.45) is 5.73 Å². The second-order valence-electron chi connectivity index (χ2n) is 7.78. The third kappa shape index (κ3) is 4.79. The molecule has 3 aromatic rings. The predicted octanol–water partition coefficient (Wildman–Crippen LogP) is 3.38. The van der Waals surface area contributed by atoms with Crippen LogP contribution in [0.25, 0.3) is 0 Å². The Labute approximate surface area is 194 Å². The molecule has 1 aliphatic rings. The highest BCUT2D eigenvalue weighted by molar-refractivity contribution is 6.12. The molecule has 0 aliphatic carbocycles. The first-order valence-electron chi connectivity index (χ1n) is 10.6. The van der Waals surface area contributed by atoms with Crippen LogP contribution in [0.4, 0.5) is 20.2 Å². The van der Waals surface area contributed by atoms with E-state index >= 15 is 0 Å². The molecule has 174 valence electrons. The Hall–Kier alpha value is -4.11. The summed E-state index contributed by atoms with van der Waals surface area (Å²) < 4.78 is 27.5. The van der Waals surface area contributed by atoms with E-state index < -0.39 is 29.5 Å². The number of fused-ring (bicyclic) bond motifs is 1. The number of hydrogen-bond donors (Lipinski definition) is 3. The van der Waals surface area contributed by atoms with Gasteiger partial charge in [0.1, 0.15) is 11.6 Å². The van der Waals surface area contributed by atoms with Gasteiger partial charge < -0.3 is 16.4 Å². The fraction of sp³-hybridized carbons (Fsp3) is 0.160. The summed E-state index contributed by atoms with van der Waals surface area (Å²) in [6.45, 7) is 0.543. The zero-order valence-corrected chi connectivity index (χ0v) is 18.1. The summed E-state index contributed by atoms with van der Waals surface area (Å²) in [6.07, 6.45) is -0.129. The van der Waals surface area contributed by atoms with E-state index in [1.807, 2.05) is 0 Å². The summed E-state index contributed by atoms with van der Waals surface area (Å²) in [5.74, 6) is -2.37. The lowest BCUT2D eigenvalue weighted by Gasteiger charge is -2.31. The summed E-state index contributed by atoms with van der Waals surface area (Å²) in [5, 5.41) is 5.40. The lowest BCUT2D eigenvalue weighted by molar-refractivity contribution is -0.116. The first kappa shape index (κ1) is 23.1. The number of halogens is 2. The van der Waals surface area contributed by atoms with E-state index in [0.29, 0.717) is 11.3 Å². The van der Waals surface area contributed by atoms with Gasteiger partial charge >= 0.3 is 0 Å². The van der Waals surface area contributed by atoms with E-state index in [2.05, 4.69) is 10.6 Å². The monoisotopic (exact) mass is 464 g/mol. The number of rotatable bonds is 5. The Morgan fingerprint density at radius 1 is 1.00 bits per heavy atom. The number of nitrogens with zero attached hydrogens (tertiary/aromatic N) is 1. The Morgan fingerprint density at radius 2 is 1.76 bits per heavy atom. The molecule has 4 N–H and O–H groups in total. The van der Waals surface area contributed by atoms with Crippen LogP contribution < -0.4 is 21.3 Å². The van der Waals surface area contributed by atoms with E-state index in [0.717, 1.165) is 6.07 Å². The van der Waals surface area contributed by atoms with Crippen molar-refractivity contribution < 1.29 is 23.2 Å². The maximum absolute atomic E-state index is 13.9. The van der Waals surface area contributed by atoms with Gasteiger partial charge in [0.15, 0.2) is 0 Å². The van der Waals surface area contributed by atoms with Crippen LogP contribution in [0, 0.1) is 11.6 Å². The molecule has 0 radical (unpaired) electrons. The van der Waals surface area contributed by atoms with Crippen molar-refractivity contribution in [2.75, 3.05) is 23.3 Å². The van der Waals surface area contributed by atoms with Crippen molar-refractivity contribution in [3.05, 3.63) is 95.1 Å². The smallest absolute Gasteiger partial charge is 0.259 e. The van der Waals surface area contributed by atoms with E-state index in [1.165, 1.54) is 59.5 Å². The molecule has 1 heterocycles. The van der Waals surface area contributed by atoms with Gasteiger partial charge in [-0.25, -0.2) is 8.78 Å². The molecule has 1 aliphatic heterocycles. The molecule has 3 aromatic carbocycles. The molecule has 34 heavy (non-hydrogen) atoms. The average Bonchev–Trinajstić information content (AvgIpc) is 2.97. The topological polar surface area (TPSA) is 105 Å². The lowest BCUT2D eigenvalue weighted by Crippen LogP contribution is -2.35. The number of nitrogens with one attached hydrogen (secondary N) is 2. The summed E-state index contributed by atoms with van der Waals surface area (Å²) >= 11 is 0. The Kier molecular flexibility index (Phi) is 6.65. The zero-order valence-electron chi connectivity index (χ0n) is 18.1. The minimum Gasteiger partial charge on any atom is -0.351 e. The molecule has 0 aromatic heterocycles. The van der Waals surface area contributed by atoms with Crippen LogP contribution in [0.2, 0.25) is 0 Å². The highest BCUT2D eigenvalue weighted by Crippen LogP contribution is 2.39. The van der Waals surface area contributed by atoms with Gasteiger partial charge in [-0.15, -0.1) is 0 Å². The number of nitrogens with two attached hydrogens (primary N) is 1. The Bertz CT molecular complexity index is 1250. The molecule has 7 nitrogen and oxygen atoms in total. The first-order valence-corrected chi connectivity index (χ1v) is 10.6. The second-order valence-corrected chi connectivity index (χ2v) is 7.78. The van der Waals surface area contributed by atoms with Crippen LogP contribution in [0.5, 0.6) is 0 Å². The lowest BCUT2D eigenvalue weighted by atomic mass is 9.99. The van der Waals surface area contributed by atoms with Gasteiger partial charge in [-0.05, 0) is 54.1 Å². The molecule has 0 bridgehead atoms. The van der Waals surface area contributed by atoms with Crippen molar-refractivity contribution in [1.29, 1.82) is 0 Å². The van der Waals surface area contributed by atoms with Gasteiger partial charge in [0, 0.05) is 24.2 Å². The molecule has 0 fully saturated rings. The SMILES string of the molecule is NCCNC(=O)c1ccc2c(c1)NC(=O)CC(c1ccc(F)cc1)N2C(=O)c1cccc(F)c1. The summed E-state index contributed by atoms with van der Waals surface area (Å²) in [5.41, 5.74) is 6.89. The molecule has 0 saturated heterocycles. The predicted molar refractivity (Wildman–Crippen MR) is 123 cm³/mol. The van der Waals surface area contributed by atoms with Crippen LogP contribution in [0.1, 0.15) is 38.7 Å². The highest BCUT2D eigenvalue weighted by atomic mass is 19.1. The van der Waals surface area contributed by atoms with E-state index in [1.54, 1.807) is 6.07 Å². The van der Waals surface area contributed by atoms with Crippen LogP contribution in [-0.2, 0) is 4.79 Å². The third-order valence-corrected chi connectivity index (χ3v) is 5.46. The molecular weight excluding hydrogens is 442 g/mol. The molecule has 1 unspecified atom stereocenters. The van der Waals surface area contributed by atoms with Crippen molar-refractivity contribution in [3.8, 4) is 0 Å². The van der Waals surface area contributed by atoms with Gasteiger partial charge in [0.05, 0.1) is 23.8 Å². The minimum absolute atomic E-state index is 0.0807. The molecular formula is C25H22F2N4O3. The van der Waals surface area contributed by atoms with E-state index in [9.17, 15) is 23.2 Å². The number of amides is 3. The quantitative estimate of drug-likeness (QED) is 0.538. The molecule has 3 amide bonds. The van der Waals surface area contributed by atoms with Gasteiger partial charge in [-0.3, -0.25) is 19.3 Å². The van der Waals surface area contributed by atoms with E-state index in [4.69, 9.17) is 5.73 Å². The maximum Gasteiger partial charge on any atom is 0.259 e. The molecule has 4 rings (SSSR count). The number of carbonyl (C=O) groups is 3. The minimum atomic E-state index is -0.797. The fourth-order valence-electron chi connectivity index (χ4n) is 3.87. The van der Waals surface area contributed by atoms with Crippen LogP contribution in [0.15, 0.2) is 66.7 Å². The summed E-state index contributed by atoms with van der Waals surface area (Å²) in [6, 6.07) is 14.5. The van der Waals surface area contributed by atoms with Gasteiger partial charge in [0.2, 0.25) is 5.91 Å². The molecule has 9 heteroatoms. The molecule has 0 saturated carbocycles. The summed E-state index contributed by atoms with van der Waals surface area (Å²) in [7, 11) is 0. The van der Waals surface area contributed by atoms with Gasteiger partial charge in [-0.2, -0.15) is 0 Å².